The van der Waals surface area contributed by atoms with E-state index in [9.17, 15) is 4.39 Å². The van der Waals surface area contributed by atoms with Crippen LogP contribution in [0.25, 0.3) is 0 Å². The van der Waals surface area contributed by atoms with Crippen molar-refractivity contribution in [1.29, 1.82) is 0 Å². The number of morpholine rings is 1. The zero-order valence-electron chi connectivity index (χ0n) is 12.3. The average molecular weight is 306 g/mol. The lowest BCUT2D eigenvalue weighted by Crippen LogP contribution is -2.42. The van der Waals surface area contributed by atoms with Crippen LogP contribution < -0.4 is 0 Å². The lowest BCUT2D eigenvalue weighted by molar-refractivity contribution is -0.0812. The van der Waals surface area contributed by atoms with E-state index in [2.05, 4.69) is 16.8 Å². The van der Waals surface area contributed by atoms with Crippen molar-refractivity contribution in [2.24, 2.45) is 0 Å². The Morgan fingerprint density at radius 2 is 2.10 bits per heavy atom. The van der Waals surface area contributed by atoms with Crippen LogP contribution in [0.4, 0.5) is 4.39 Å². The van der Waals surface area contributed by atoms with E-state index in [1.807, 2.05) is 24.6 Å². The van der Waals surface area contributed by atoms with Crippen molar-refractivity contribution >= 4 is 11.3 Å². The molecule has 1 aliphatic rings. The van der Waals surface area contributed by atoms with Crippen molar-refractivity contribution in [2.45, 2.75) is 32.6 Å². The number of aryl methyl sites for hydroxylation is 1. The Balaban J connectivity index is 1.72. The van der Waals surface area contributed by atoms with Crippen LogP contribution in [0.1, 0.15) is 29.2 Å². The second-order valence-corrected chi connectivity index (χ2v) is 6.48. The molecule has 1 saturated heterocycles. The lowest BCUT2D eigenvalue weighted by Gasteiger charge is -2.36. The summed E-state index contributed by atoms with van der Waals surface area (Å²) in [6.07, 6.45) is 0.171. The van der Waals surface area contributed by atoms with Gasteiger partial charge >= 0.3 is 0 Å². The number of hydrogen-bond donors (Lipinski definition) is 0. The molecule has 0 bridgehead atoms. The first-order chi connectivity index (χ1) is 10.1. The molecule has 1 fully saturated rings. The van der Waals surface area contributed by atoms with Crippen LogP contribution in [-0.2, 0) is 11.3 Å². The van der Waals surface area contributed by atoms with Gasteiger partial charge in [-0.15, -0.1) is 11.3 Å². The van der Waals surface area contributed by atoms with E-state index >= 15 is 0 Å². The van der Waals surface area contributed by atoms with Gasteiger partial charge in [-0.05, 0) is 31.5 Å². The summed E-state index contributed by atoms with van der Waals surface area (Å²) >= 11 is 1.70. The van der Waals surface area contributed by atoms with E-state index < -0.39 is 0 Å². The third-order valence-electron chi connectivity index (χ3n) is 3.79. The standard InChI is InChI=1S/C16H19FN2OS/c1-11-7-19(9-16-12(2)18-10-21-16)8-15(20-11)13-3-5-14(17)6-4-13/h3-6,10-11,15H,7-9H2,1-2H3/t11-,15+/m1/s1. The van der Waals surface area contributed by atoms with Gasteiger partial charge in [0.25, 0.3) is 0 Å². The van der Waals surface area contributed by atoms with Gasteiger partial charge in [0.05, 0.1) is 23.4 Å². The predicted octanol–water partition coefficient (Wildman–Crippen LogP) is 3.55. The van der Waals surface area contributed by atoms with Gasteiger partial charge in [-0.1, -0.05) is 12.1 Å². The molecule has 0 unspecified atom stereocenters. The highest BCUT2D eigenvalue weighted by molar-refractivity contribution is 7.09. The van der Waals surface area contributed by atoms with Crippen molar-refractivity contribution in [3.63, 3.8) is 0 Å². The number of aromatic nitrogens is 1. The number of halogens is 1. The largest absolute Gasteiger partial charge is 0.368 e. The molecule has 2 aromatic rings. The van der Waals surface area contributed by atoms with Gasteiger partial charge in [0.1, 0.15) is 5.82 Å². The van der Waals surface area contributed by atoms with Gasteiger partial charge in [0, 0.05) is 24.5 Å². The highest BCUT2D eigenvalue weighted by Crippen LogP contribution is 2.27. The summed E-state index contributed by atoms with van der Waals surface area (Å²) in [5, 5.41) is 0. The molecule has 2 heterocycles. The molecule has 1 aromatic heterocycles. The summed E-state index contributed by atoms with van der Waals surface area (Å²) in [7, 11) is 0. The van der Waals surface area contributed by atoms with E-state index in [-0.39, 0.29) is 18.0 Å². The molecule has 5 heteroatoms. The zero-order chi connectivity index (χ0) is 14.8. The maximum Gasteiger partial charge on any atom is 0.123 e. The third-order valence-corrected chi connectivity index (χ3v) is 4.71. The number of ether oxygens (including phenoxy) is 1. The molecule has 21 heavy (non-hydrogen) atoms. The van der Waals surface area contributed by atoms with Crippen LogP contribution in [0.5, 0.6) is 0 Å². The molecule has 0 N–H and O–H groups in total. The molecule has 3 nitrogen and oxygen atoms in total. The SMILES string of the molecule is Cc1ncsc1CN1C[C@@H](C)O[C@H](c2ccc(F)cc2)C1. The fourth-order valence-corrected chi connectivity index (χ4v) is 3.53. The van der Waals surface area contributed by atoms with E-state index in [1.165, 1.54) is 17.0 Å². The monoisotopic (exact) mass is 306 g/mol. The molecule has 0 radical (unpaired) electrons. The van der Waals surface area contributed by atoms with E-state index in [0.717, 1.165) is 30.9 Å². The van der Waals surface area contributed by atoms with E-state index in [4.69, 9.17) is 4.74 Å². The predicted molar refractivity (Wildman–Crippen MR) is 81.8 cm³/mol. The topological polar surface area (TPSA) is 25.4 Å². The molecule has 1 aromatic carbocycles. The molecule has 0 spiro atoms. The Kier molecular flexibility index (Phi) is 4.33. The second-order valence-electron chi connectivity index (χ2n) is 5.54. The summed E-state index contributed by atoms with van der Waals surface area (Å²) < 4.78 is 19.1. The van der Waals surface area contributed by atoms with Gasteiger partial charge in [-0.3, -0.25) is 4.90 Å². The van der Waals surface area contributed by atoms with Gasteiger partial charge in [-0.2, -0.15) is 0 Å². The van der Waals surface area contributed by atoms with Gasteiger partial charge < -0.3 is 4.74 Å². The molecule has 0 amide bonds. The quantitative estimate of drug-likeness (QED) is 0.867. The van der Waals surface area contributed by atoms with Gasteiger partial charge in [0.2, 0.25) is 0 Å². The molecular weight excluding hydrogens is 287 g/mol. The fourth-order valence-electron chi connectivity index (χ4n) is 2.71. The number of thiazole rings is 1. The van der Waals surface area contributed by atoms with Crippen LogP contribution >= 0.6 is 11.3 Å². The third kappa shape index (κ3) is 3.48. The normalized spacial score (nSPS) is 23.4. The van der Waals surface area contributed by atoms with Crippen LogP contribution in [0.2, 0.25) is 0 Å². The molecule has 2 atom stereocenters. The summed E-state index contributed by atoms with van der Waals surface area (Å²) in [5.74, 6) is -0.209. The first-order valence-corrected chi connectivity index (χ1v) is 8.02. The zero-order valence-corrected chi connectivity index (χ0v) is 13.1. The maximum absolute atomic E-state index is 13.0. The van der Waals surface area contributed by atoms with Crippen molar-refractivity contribution in [3.8, 4) is 0 Å². The number of hydrogen-bond acceptors (Lipinski definition) is 4. The Labute approximate surface area is 128 Å². The van der Waals surface area contributed by atoms with Gasteiger partial charge in [0.15, 0.2) is 0 Å². The Morgan fingerprint density at radius 1 is 1.33 bits per heavy atom. The summed E-state index contributed by atoms with van der Waals surface area (Å²) in [6, 6.07) is 6.62. The van der Waals surface area contributed by atoms with Crippen molar-refractivity contribution < 1.29 is 9.13 Å². The summed E-state index contributed by atoms with van der Waals surface area (Å²) in [4.78, 5) is 8.01. The first kappa shape index (κ1) is 14.6. The lowest BCUT2D eigenvalue weighted by atomic mass is 10.1. The Hall–Kier alpha value is -1.30. The molecule has 0 aliphatic carbocycles. The highest BCUT2D eigenvalue weighted by Gasteiger charge is 2.27. The summed E-state index contributed by atoms with van der Waals surface area (Å²) in [6.45, 7) is 6.78. The number of benzene rings is 1. The van der Waals surface area contributed by atoms with Crippen LogP contribution in [-0.4, -0.2) is 29.1 Å². The van der Waals surface area contributed by atoms with Crippen molar-refractivity contribution in [3.05, 3.63) is 51.7 Å². The highest BCUT2D eigenvalue weighted by atomic mass is 32.1. The van der Waals surface area contributed by atoms with Crippen LogP contribution in [0.3, 0.4) is 0 Å². The Morgan fingerprint density at radius 3 is 2.76 bits per heavy atom. The minimum absolute atomic E-state index is 0.00239. The van der Waals surface area contributed by atoms with Crippen LogP contribution in [0.15, 0.2) is 29.8 Å². The van der Waals surface area contributed by atoms with Crippen molar-refractivity contribution in [1.82, 2.24) is 9.88 Å². The maximum atomic E-state index is 13.0. The second kappa shape index (κ2) is 6.22. The summed E-state index contributed by atoms with van der Waals surface area (Å²) in [5.41, 5.74) is 4.04. The number of rotatable bonds is 3. The molecule has 0 saturated carbocycles. The first-order valence-electron chi connectivity index (χ1n) is 7.14. The smallest absolute Gasteiger partial charge is 0.123 e. The van der Waals surface area contributed by atoms with E-state index in [0.29, 0.717) is 0 Å². The number of nitrogens with zero attached hydrogens (tertiary/aromatic N) is 2. The van der Waals surface area contributed by atoms with Gasteiger partial charge in [-0.25, -0.2) is 9.37 Å². The molecular formula is C16H19FN2OS. The van der Waals surface area contributed by atoms with E-state index in [1.54, 1.807) is 11.3 Å². The Bertz CT molecular complexity index is 599. The minimum Gasteiger partial charge on any atom is -0.368 e. The average Bonchev–Trinajstić information content (AvgIpc) is 2.84. The molecule has 1 aliphatic heterocycles. The molecule has 112 valence electrons. The fraction of sp³-hybridized carbons (Fsp3) is 0.438. The van der Waals surface area contributed by atoms with Crippen LogP contribution in [0, 0.1) is 12.7 Å². The van der Waals surface area contributed by atoms with Crippen molar-refractivity contribution in [2.75, 3.05) is 13.1 Å². The minimum atomic E-state index is -0.209. The molecule has 3 rings (SSSR count).